The number of aliphatic carboxylic acids is 2. The van der Waals surface area contributed by atoms with Gasteiger partial charge < -0.3 is 29.9 Å². The second-order valence-electron chi connectivity index (χ2n) is 4.37. The highest BCUT2D eigenvalue weighted by atomic mass is 16.5. The summed E-state index contributed by atoms with van der Waals surface area (Å²) in [7, 11) is 0. The number of esters is 2. The number of aliphatic hydroxyl groups is 2. The Labute approximate surface area is 130 Å². The lowest BCUT2D eigenvalue weighted by atomic mass is 9.92. The number of aliphatic hydroxyl groups excluding tert-OH is 2. The van der Waals surface area contributed by atoms with Crippen LogP contribution in [0.2, 0.25) is 0 Å². The molecule has 0 fully saturated rings. The van der Waals surface area contributed by atoms with Crippen LogP contribution in [0.15, 0.2) is 24.3 Å². The van der Waals surface area contributed by atoms with Gasteiger partial charge in [0.25, 0.3) is 0 Å². The van der Waals surface area contributed by atoms with Crippen molar-refractivity contribution in [2.75, 3.05) is 26.4 Å². The summed E-state index contributed by atoms with van der Waals surface area (Å²) in [6.45, 7) is -2.54. The first-order valence-corrected chi connectivity index (χ1v) is 6.12. The fourth-order valence-corrected chi connectivity index (χ4v) is 1.10. The molecule has 10 heteroatoms. The molecule has 0 aromatic carbocycles. The first-order chi connectivity index (χ1) is 10.7. The number of carbonyl (C=O) groups excluding carboxylic acids is 2. The minimum atomic E-state index is -1.51. The first-order valence-electron chi connectivity index (χ1n) is 6.12. The SMILES string of the molecule is O=C(O)C=CC(=O)OCC(CO)(CO)COC(=O)C=CC(=O)O. The largest absolute Gasteiger partial charge is 0.478 e. The molecule has 0 unspecified atom stereocenters. The van der Waals surface area contributed by atoms with Crippen molar-refractivity contribution in [1.29, 1.82) is 0 Å². The number of carboxylic acid groups (broad SMARTS) is 2. The zero-order valence-electron chi connectivity index (χ0n) is 11.9. The summed E-state index contributed by atoms with van der Waals surface area (Å²) in [6.07, 6.45) is 2.34. The highest BCUT2D eigenvalue weighted by Gasteiger charge is 2.32. The summed E-state index contributed by atoms with van der Waals surface area (Å²) in [5, 5.41) is 35.2. The van der Waals surface area contributed by atoms with Gasteiger partial charge in [0, 0.05) is 24.3 Å². The van der Waals surface area contributed by atoms with E-state index >= 15 is 0 Å². The van der Waals surface area contributed by atoms with Crippen molar-refractivity contribution in [3.8, 4) is 0 Å². The average molecular weight is 332 g/mol. The Bertz CT molecular complexity index is 459. The molecule has 0 spiro atoms. The molecule has 4 N–H and O–H groups in total. The molecule has 0 rings (SSSR count). The van der Waals surface area contributed by atoms with Crippen molar-refractivity contribution in [2.24, 2.45) is 5.41 Å². The van der Waals surface area contributed by atoms with Gasteiger partial charge in [0.15, 0.2) is 0 Å². The molecule has 0 atom stereocenters. The van der Waals surface area contributed by atoms with Crippen LogP contribution in [0.25, 0.3) is 0 Å². The van der Waals surface area contributed by atoms with Crippen LogP contribution in [0, 0.1) is 5.41 Å². The molecule has 0 saturated heterocycles. The van der Waals surface area contributed by atoms with Gasteiger partial charge in [-0.1, -0.05) is 0 Å². The van der Waals surface area contributed by atoms with Crippen molar-refractivity contribution >= 4 is 23.9 Å². The fraction of sp³-hybridized carbons (Fsp3) is 0.385. The zero-order chi connectivity index (χ0) is 17.9. The Morgan fingerprint density at radius 2 is 1.09 bits per heavy atom. The third kappa shape index (κ3) is 9.01. The topological polar surface area (TPSA) is 168 Å². The Morgan fingerprint density at radius 1 is 0.739 bits per heavy atom. The van der Waals surface area contributed by atoms with E-state index in [4.69, 9.17) is 10.2 Å². The third-order valence-corrected chi connectivity index (χ3v) is 2.44. The van der Waals surface area contributed by atoms with Crippen LogP contribution in [-0.2, 0) is 28.7 Å². The maximum atomic E-state index is 11.2. The van der Waals surface area contributed by atoms with Crippen LogP contribution in [0.4, 0.5) is 0 Å². The molecular formula is C13H16O10. The number of rotatable bonds is 10. The summed E-state index contributed by atoms with van der Waals surface area (Å²) in [5.74, 6) is -4.79. The Morgan fingerprint density at radius 3 is 1.35 bits per heavy atom. The quantitative estimate of drug-likeness (QED) is 0.268. The molecule has 0 saturated carbocycles. The predicted molar refractivity (Wildman–Crippen MR) is 72.1 cm³/mol. The number of hydrogen-bond acceptors (Lipinski definition) is 8. The molecule has 23 heavy (non-hydrogen) atoms. The van der Waals surface area contributed by atoms with Gasteiger partial charge in [-0.05, 0) is 0 Å². The smallest absolute Gasteiger partial charge is 0.331 e. The van der Waals surface area contributed by atoms with Crippen LogP contribution < -0.4 is 0 Å². The van der Waals surface area contributed by atoms with Gasteiger partial charge in [-0.2, -0.15) is 0 Å². The van der Waals surface area contributed by atoms with Gasteiger partial charge in [-0.25, -0.2) is 19.2 Å². The maximum absolute atomic E-state index is 11.2. The lowest BCUT2D eigenvalue weighted by molar-refractivity contribution is -0.153. The summed E-state index contributed by atoms with van der Waals surface area (Å²) >= 11 is 0. The van der Waals surface area contributed by atoms with Crippen molar-refractivity contribution in [3.63, 3.8) is 0 Å². The summed E-state index contributed by atoms with van der Waals surface area (Å²) in [5.41, 5.74) is -1.51. The molecule has 0 aliphatic heterocycles. The molecule has 128 valence electrons. The molecule has 0 aromatic rings. The molecule has 0 aliphatic rings. The second-order valence-corrected chi connectivity index (χ2v) is 4.37. The van der Waals surface area contributed by atoms with Crippen LogP contribution in [0.3, 0.4) is 0 Å². The maximum Gasteiger partial charge on any atom is 0.331 e. The molecule has 10 nitrogen and oxygen atoms in total. The number of ether oxygens (including phenoxy) is 2. The Kier molecular flexibility index (Phi) is 8.89. The lowest BCUT2D eigenvalue weighted by Gasteiger charge is -2.27. The summed E-state index contributed by atoms with van der Waals surface area (Å²) in [6, 6.07) is 0. The average Bonchev–Trinajstić information content (AvgIpc) is 2.51. The number of carbonyl (C=O) groups is 4. The van der Waals surface area contributed by atoms with Crippen molar-refractivity contribution in [2.45, 2.75) is 0 Å². The van der Waals surface area contributed by atoms with Gasteiger partial charge in [-0.3, -0.25) is 0 Å². The lowest BCUT2D eigenvalue weighted by Crippen LogP contribution is -2.40. The van der Waals surface area contributed by atoms with Gasteiger partial charge in [0.05, 0.1) is 18.6 Å². The van der Waals surface area contributed by atoms with Gasteiger partial charge in [0.1, 0.15) is 13.2 Å². The monoisotopic (exact) mass is 332 g/mol. The summed E-state index contributed by atoms with van der Waals surface area (Å²) < 4.78 is 9.32. The van der Waals surface area contributed by atoms with Crippen molar-refractivity contribution < 1.29 is 49.1 Å². The van der Waals surface area contributed by atoms with Gasteiger partial charge >= 0.3 is 23.9 Å². The second kappa shape index (κ2) is 10.1. The molecule has 0 aromatic heterocycles. The van der Waals surface area contributed by atoms with Crippen LogP contribution in [0.1, 0.15) is 0 Å². The number of carboxylic acids is 2. The van der Waals surface area contributed by atoms with Gasteiger partial charge in [0.2, 0.25) is 0 Å². The van der Waals surface area contributed by atoms with Crippen LogP contribution >= 0.6 is 0 Å². The van der Waals surface area contributed by atoms with E-state index < -0.39 is 55.7 Å². The highest BCUT2D eigenvalue weighted by molar-refractivity contribution is 5.91. The van der Waals surface area contributed by atoms with E-state index in [1.807, 2.05) is 0 Å². The standard InChI is InChI=1S/C13H16O10/c14-5-13(6-15,7-22-11(20)3-1-9(16)17)8-23-12(21)4-2-10(18)19/h1-4,14-15H,5-8H2,(H,16,17)(H,18,19). The van der Waals surface area contributed by atoms with Crippen molar-refractivity contribution in [3.05, 3.63) is 24.3 Å². The van der Waals surface area contributed by atoms with E-state index in [0.29, 0.717) is 24.3 Å². The zero-order valence-corrected chi connectivity index (χ0v) is 11.9. The Balaban J connectivity index is 4.62. The minimum absolute atomic E-state index is 0.540. The van der Waals surface area contributed by atoms with Crippen LogP contribution in [0.5, 0.6) is 0 Å². The Hall–Kier alpha value is -2.72. The van der Waals surface area contributed by atoms with Gasteiger partial charge in [-0.15, -0.1) is 0 Å². The molecule has 0 radical (unpaired) electrons. The predicted octanol–water partition coefficient (Wildman–Crippen LogP) is -1.67. The minimum Gasteiger partial charge on any atom is -0.478 e. The molecule has 0 aliphatic carbocycles. The molecule has 0 bridgehead atoms. The fourth-order valence-electron chi connectivity index (χ4n) is 1.10. The van der Waals surface area contributed by atoms with E-state index in [2.05, 4.69) is 9.47 Å². The first kappa shape index (κ1) is 20.3. The highest BCUT2D eigenvalue weighted by Crippen LogP contribution is 2.17. The van der Waals surface area contributed by atoms with E-state index in [1.54, 1.807) is 0 Å². The van der Waals surface area contributed by atoms with E-state index in [-0.39, 0.29) is 0 Å². The summed E-state index contributed by atoms with van der Waals surface area (Å²) in [4.78, 5) is 42.9. The molecular weight excluding hydrogens is 316 g/mol. The van der Waals surface area contributed by atoms with E-state index in [9.17, 15) is 29.4 Å². The normalized spacial score (nSPS) is 11.6. The van der Waals surface area contributed by atoms with Crippen LogP contribution in [-0.4, -0.2) is 70.7 Å². The number of hydrogen-bond donors (Lipinski definition) is 4. The molecule has 0 amide bonds. The van der Waals surface area contributed by atoms with Crippen molar-refractivity contribution in [1.82, 2.24) is 0 Å². The third-order valence-electron chi connectivity index (χ3n) is 2.44. The molecule has 0 heterocycles. The van der Waals surface area contributed by atoms with E-state index in [0.717, 1.165) is 0 Å². The van der Waals surface area contributed by atoms with E-state index in [1.165, 1.54) is 0 Å².